The fourth-order valence-corrected chi connectivity index (χ4v) is 3.49. The van der Waals surface area contributed by atoms with Crippen molar-refractivity contribution in [1.29, 1.82) is 0 Å². The van der Waals surface area contributed by atoms with Crippen LogP contribution >= 0.6 is 0 Å². The molecule has 2 aromatic heterocycles. The highest BCUT2D eigenvalue weighted by atomic mass is 16.5. The average Bonchev–Trinajstić information content (AvgIpc) is 3.29. The molecule has 2 atom stereocenters. The summed E-state index contributed by atoms with van der Waals surface area (Å²) >= 11 is 0. The molecule has 1 aliphatic rings. The number of hydrogen-bond acceptors (Lipinski definition) is 6. The normalized spacial score (nSPS) is 19.7. The molecular weight excluding hydrogens is 332 g/mol. The Morgan fingerprint density at radius 3 is 2.69 bits per heavy atom. The molecule has 1 fully saturated rings. The number of methoxy groups -OCH3 is 2. The molecule has 0 saturated carbocycles. The van der Waals surface area contributed by atoms with E-state index in [4.69, 9.17) is 14.2 Å². The number of pyridine rings is 1. The van der Waals surface area contributed by atoms with Gasteiger partial charge in [0.1, 0.15) is 6.10 Å². The third-order valence-corrected chi connectivity index (χ3v) is 4.83. The molecule has 0 radical (unpaired) electrons. The van der Waals surface area contributed by atoms with Crippen molar-refractivity contribution in [2.45, 2.75) is 18.6 Å². The second-order valence-corrected chi connectivity index (χ2v) is 6.29. The molecule has 7 heteroatoms. The maximum Gasteiger partial charge on any atom is 0.162 e. The summed E-state index contributed by atoms with van der Waals surface area (Å²) in [7, 11) is 5.20. The number of rotatable bonds is 5. The summed E-state index contributed by atoms with van der Waals surface area (Å²) in [4.78, 5) is 4.46. The molecule has 7 nitrogen and oxygen atoms in total. The van der Waals surface area contributed by atoms with Crippen molar-refractivity contribution >= 4 is 16.6 Å². The van der Waals surface area contributed by atoms with Crippen LogP contribution in [0.2, 0.25) is 0 Å². The van der Waals surface area contributed by atoms with Crippen LogP contribution in [-0.2, 0) is 11.8 Å². The molecule has 0 unspecified atom stereocenters. The summed E-state index contributed by atoms with van der Waals surface area (Å²) in [5.41, 5.74) is 2.92. The summed E-state index contributed by atoms with van der Waals surface area (Å²) < 4.78 is 18.7. The smallest absolute Gasteiger partial charge is 0.162 e. The minimum Gasteiger partial charge on any atom is -0.493 e. The third-order valence-electron chi connectivity index (χ3n) is 4.83. The lowest BCUT2D eigenvalue weighted by molar-refractivity contribution is 0.101. The first kappa shape index (κ1) is 16.7. The maximum absolute atomic E-state index is 5.97. The Balaban J connectivity index is 1.69. The van der Waals surface area contributed by atoms with Crippen LogP contribution in [0.1, 0.15) is 18.2 Å². The van der Waals surface area contributed by atoms with E-state index < -0.39 is 0 Å². The zero-order valence-electron chi connectivity index (χ0n) is 15.1. The summed E-state index contributed by atoms with van der Waals surface area (Å²) in [5, 5.41) is 8.89. The van der Waals surface area contributed by atoms with Gasteiger partial charge in [0.25, 0.3) is 0 Å². The van der Waals surface area contributed by atoms with Gasteiger partial charge in [0.2, 0.25) is 0 Å². The van der Waals surface area contributed by atoms with E-state index in [1.165, 1.54) is 0 Å². The first-order valence-corrected chi connectivity index (χ1v) is 8.58. The molecule has 0 amide bonds. The Hall–Kier alpha value is -2.80. The first-order valence-electron chi connectivity index (χ1n) is 8.58. The van der Waals surface area contributed by atoms with Crippen molar-refractivity contribution in [1.82, 2.24) is 14.8 Å². The minimum absolute atomic E-state index is 0.0362. The van der Waals surface area contributed by atoms with E-state index >= 15 is 0 Å². The number of nitrogens with one attached hydrogen (secondary N) is 1. The van der Waals surface area contributed by atoms with Gasteiger partial charge in [-0.3, -0.25) is 9.67 Å². The van der Waals surface area contributed by atoms with E-state index in [-0.39, 0.29) is 12.1 Å². The lowest BCUT2D eigenvalue weighted by Gasteiger charge is -2.22. The Labute approximate surface area is 151 Å². The molecule has 0 spiro atoms. The van der Waals surface area contributed by atoms with Crippen LogP contribution in [0, 0.1) is 0 Å². The van der Waals surface area contributed by atoms with Gasteiger partial charge in [-0.2, -0.15) is 5.10 Å². The van der Waals surface area contributed by atoms with Gasteiger partial charge in [-0.25, -0.2) is 0 Å². The van der Waals surface area contributed by atoms with Crippen LogP contribution in [-0.4, -0.2) is 41.6 Å². The number of ether oxygens (including phenoxy) is 3. The van der Waals surface area contributed by atoms with Crippen LogP contribution in [0.25, 0.3) is 10.9 Å². The predicted molar refractivity (Wildman–Crippen MR) is 98.8 cm³/mol. The summed E-state index contributed by atoms with van der Waals surface area (Å²) in [6, 6.07) is 7.99. The van der Waals surface area contributed by atoms with E-state index in [2.05, 4.69) is 15.4 Å². The maximum atomic E-state index is 5.97. The van der Waals surface area contributed by atoms with Gasteiger partial charge in [0.15, 0.2) is 11.5 Å². The highest BCUT2D eigenvalue weighted by molar-refractivity contribution is 5.93. The number of aromatic nitrogens is 3. The summed E-state index contributed by atoms with van der Waals surface area (Å²) in [5.74, 6) is 1.35. The van der Waals surface area contributed by atoms with E-state index in [0.29, 0.717) is 18.1 Å². The molecule has 1 N–H and O–H groups in total. The molecular formula is C19H22N4O3. The lowest BCUT2D eigenvalue weighted by atomic mass is 10.1. The standard InChI is InChI=1S/C19H22N4O3/c1-23-16(5-8-21-23)19-14(6-9-26-19)22-13-4-7-20-15-11-18(25-3)17(24-2)10-12(13)15/h4-5,7-8,10-11,14,19H,6,9H2,1-3H3,(H,20,22)/t14-,19-/m0/s1. The van der Waals surface area contributed by atoms with Crippen LogP contribution in [0.15, 0.2) is 36.7 Å². The average molecular weight is 354 g/mol. The molecule has 0 bridgehead atoms. The first-order chi connectivity index (χ1) is 12.7. The van der Waals surface area contributed by atoms with Crippen molar-refractivity contribution < 1.29 is 14.2 Å². The fourth-order valence-electron chi connectivity index (χ4n) is 3.49. The molecule has 1 saturated heterocycles. The number of benzene rings is 1. The molecule has 1 aliphatic heterocycles. The zero-order chi connectivity index (χ0) is 18.1. The second kappa shape index (κ2) is 6.84. The number of aryl methyl sites for hydroxylation is 1. The van der Waals surface area contributed by atoms with Crippen molar-refractivity contribution in [3.63, 3.8) is 0 Å². The van der Waals surface area contributed by atoms with Crippen molar-refractivity contribution in [2.24, 2.45) is 7.05 Å². The number of fused-ring (bicyclic) bond motifs is 1. The third kappa shape index (κ3) is 2.84. The SMILES string of the molecule is COc1cc2nccc(N[C@H]3CCO[C@@H]3c3ccnn3C)c2cc1OC. The van der Waals surface area contributed by atoms with Crippen molar-refractivity contribution in [3.8, 4) is 11.5 Å². The van der Waals surface area contributed by atoms with Gasteiger partial charge in [0, 0.05) is 43.2 Å². The predicted octanol–water partition coefficient (Wildman–Crippen LogP) is 2.93. The Kier molecular flexibility index (Phi) is 4.38. The molecule has 0 aliphatic carbocycles. The summed E-state index contributed by atoms with van der Waals surface area (Å²) in [6.45, 7) is 0.716. The zero-order valence-corrected chi connectivity index (χ0v) is 15.1. The van der Waals surface area contributed by atoms with Gasteiger partial charge in [0.05, 0.1) is 31.5 Å². The minimum atomic E-state index is -0.0362. The molecule has 1 aromatic carbocycles. The molecule has 136 valence electrons. The topological polar surface area (TPSA) is 70.4 Å². The molecule has 3 heterocycles. The summed E-state index contributed by atoms with van der Waals surface area (Å²) in [6.07, 6.45) is 4.48. The van der Waals surface area contributed by atoms with E-state index in [1.807, 2.05) is 36.0 Å². The lowest BCUT2D eigenvalue weighted by Crippen LogP contribution is -2.25. The van der Waals surface area contributed by atoms with Crippen LogP contribution < -0.4 is 14.8 Å². The highest BCUT2D eigenvalue weighted by Gasteiger charge is 2.32. The number of hydrogen-bond donors (Lipinski definition) is 1. The van der Waals surface area contributed by atoms with Crippen LogP contribution in [0.5, 0.6) is 11.5 Å². The number of anilines is 1. The monoisotopic (exact) mass is 354 g/mol. The van der Waals surface area contributed by atoms with Crippen LogP contribution in [0.3, 0.4) is 0 Å². The van der Waals surface area contributed by atoms with Gasteiger partial charge >= 0.3 is 0 Å². The Morgan fingerprint density at radius 1 is 1.15 bits per heavy atom. The van der Waals surface area contributed by atoms with E-state index in [1.54, 1.807) is 26.6 Å². The van der Waals surface area contributed by atoms with Gasteiger partial charge in [-0.05, 0) is 24.6 Å². The highest BCUT2D eigenvalue weighted by Crippen LogP contribution is 2.37. The van der Waals surface area contributed by atoms with Gasteiger partial charge < -0.3 is 19.5 Å². The van der Waals surface area contributed by atoms with Crippen molar-refractivity contribution in [3.05, 3.63) is 42.4 Å². The van der Waals surface area contributed by atoms with E-state index in [0.717, 1.165) is 28.7 Å². The Morgan fingerprint density at radius 2 is 1.96 bits per heavy atom. The van der Waals surface area contributed by atoms with Gasteiger partial charge in [-0.15, -0.1) is 0 Å². The van der Waals surface area contributed by atoms with Crippen LogP contribution in [0.4, 0.5) is 5.69 Å². The molecule has 3 aromatic rings. The molecule has 26 heavy (non-hydrogen) atoms. The van der Waals surface area contributed by atoms with Crippen molar-refractivity contribution in [2.75, 3.05) is 26.1 Å². The second-order valence-electron chi connectivity index (χ2n) is 6.29. The number of nitrogens with zero attached hydrogens (tertiary/aromatic N) is 3. The largest absolute Gasteiger partial charge is 0.493 e. The molecule has 4 rings (SSSR count). The quantitative estimate of drug-likeness (QED) is 0.760. The van der Waals surface area contributed by atoms with E-state index in [9.17, 15) is 0 Å². The Bertz CT molecular complexity index is 924. The fraction of sp³-hybridized carbons (Fsp3) is 0.368. The van der Waals surface area contributed by atoms with Gasteiger partial charge in [-0.1, -0.05) is 0 Å².